The largest absolute Gasteiger partial charge is 0.506 e. The first-order valence-corrected chi connectivity index (χ1v) is 12.3. The van der Waals surface area contributed by atoms with E-state index in [1.54, 1.807) is 6.07 Å². The highest BCUT2D eigenvalue weighted by Crippen LogP contribution is 2.57. The fourth-order valence-electron chi connectivity index (χ4n) is 5.25. The van der Waals surface area contributed by atoms with Gasteiger partial charge in [0.05, 0.1) is 27.9 Å². The van der Waals surface area contributed by atoms with E-state index in [0.717, 1.165) is 0 Å². The van der Waals surface area contributed by atoms with Crippen LogP contribution in [0.3, 0.4) is 0 Å². The molecule has 5 rings (SSSR count). The van der Waals surface area contributed by atoms with E-state index >= 15 is 0 Å². The molecule has 3 aromatic carbocycles. The van der Waals surface area contributed by atoms with Gasteiger partial charge in [0.2, 0.25) is 5.41 Å². The van der Waals surface area contributed by atoms with Crippen LogP contribution in [-0.2, 0) is 10.8 Å². The van der Waals surface area contributed by atoms with Gasteiger partial charge in [0, 0.05) is 0 Å². The van der Waals surface area contributed by atoms with Gasteiger partial charge in [0.25, 0.3) is 23.6 Å². The SMILES string of the molecule is CC(C)(C)c1ccc(O)c(N2C(=O)c3ccc(C(c4ccc5c(c4)C(=O)NC5=O)(C(F)(F)F)C(F)(F)F)cc3C2=O)c1. The number of aromatic hydroxyl groups is 1. The Hall–Kier alpha value is -4.68. The number of carbonyl (C=O) groups is 4. The minimum atomic E-state index is -6.07. The van der Waals surface area contributed by atoms with Crippen LogP contribution in [-0.4, -0.2) is 41.1 Å². The zero-order chi connectivity index (χ0) is 31.2. The van der Waals surface area contributed by atoms with Gasteiger partial charge in [-0.2, -0.15) is 26.3 Å². The number of rotatable bonds is 3. The van der Waals surface area contributed by atoms with E-state index in [0.29, 0.717) is 46.9 Å². The third kappa shape index (κ3) is 3.97. The van der Waals surface area contributed by atoms with Crippen LogP contribution in [0.2, 0.25) is 0 Å². The van der Waals surface area contributed by atoms with E-state index in [1.807, 2.05) is 26.1 Å². The third-order valence-corrected chi connectivity index (χ3v) is 7.42. The number of phenolic OH excluding ortho intramolecular Hbond substituents is 1. The number of halogens is 6. The summed E-state index contributed by atoms with van der Waals surface area (Å²) in [6, 6.07) is 7.05. The predicted molar refractivity (Wildman–Crippen MR) is 136 cm³/mol. The van der Waals surface area contributed by atoms with Crippen molar-refractivity contribution in [2.45, 2.75) is 44.0 Å². The number of hydrogen-bond donors (Lipinski definition) is 2. The van der Waals surface area contributed by atoms with E-state index < -0.39 is 85.9 Å². The normalized spacial score (nSPS) is 15.7. The first-order chi connectivity index (χ1) is 19.3. The van der Waals surface area contributed by atoms with Crippen LogP contribution in [0.25, 0.3) is 0 Å². The van der Waals surface area contributed by atoms with Crippen LogP contribution < -0.4 is 10.2 Å². The Balaban J connectivity index is 1.72. The summed E-state index contributed by atoms with van der Waals surface area (Å²) in [4.78, 5) is 51.1. The molecule has 0 radical (unpaired) electrons. The molecule has 0 saturated carbocycles. The number of amides is 4. The molecule has 0 bridgehead atoms. The fraction of sp³-hybridized carbons (Fsp3) is 0.241. The Morgan fingerprint density at radius 2 is 1.10 bits per heavy atom. The van der Waals surface area contributed by atoms with Crippen molar-refractivity contribution in [1.29, 1.82) is 0 Å². The monoisotopic (exact) mass is 590 g/mol. The second-order valence-electron chi connectivity index (χ2n) is 10.9. The summed E-state index contributed by atoms with van der Waals surface area (Å²) in [5.74, 6) is -4.95. The molecular formula is C29H20F6N2O5. The van der Waals surface area contributed by atoms with Crippen molar-refractivity contribution >= 4 is 29.3 Å². The van der Waals surface area contributed by atoms with Gasteiger partial charge in [-0.1, -0.05) is 39.0 Å². The number of anilines is 1. The van der Waals surface area contributed by atoms with Crippen LogP contribution in [0.4, 0.5) is 32.0 Å². The number of fused-ring (bicyclic) bond motifs is 2. The number of alkyl halides is 6. The molecule has 0 aromatic heterocycles. The van der Waals surface area contributed by atoms with Crippen molar-refractivity contribution in [2.75, 3.05) is 4.90 Å². The molecule has 42 heavy (non-hydrogen) atoms. The minimum Gasteiger partial charge on any atom is -0.506 e. The van der Waals surface area contributed by atoms with E-state index in [9.17, 15) is 50.6 Å². The molecule has 0 saturated heterocycles. The summed E-state index contributed by atoms with van der Waals surface area (Å²) < 4.78 is 88.6. The van der Waals surface area contributed by atoms with Gasteiger partial charge in [-0.15, -0.1) is 0 Å². The van der Waals surface area contributed by atoms with Crippen LogP contribution in [0.1, 0.15) is 78.9 Å². The molecule has 0 fully saturated rings. The number of carbonyl (C=O) groups excluding carboxylic acids is 4. The molecule has 2 aliphatic heterocycles. The summed E-state index contributed by atoms with van der Waals surface area (Å²) in [5.41, 5.74) is -10.1. The van der Waals surface area contributed by atoms with Gasteiger partial charge in [0.1, 0.15) is 5.75 Å². The van der Waals surface area contributed by atoms with Gasteiger partial charge in [-0.3, -0.25) is 24.5 Å². The van der Waals surface area contributed by atoms with Gasteiger partial charge >= 0.3 is 12.4 Å². The Morgan fingerprint density at radius 3 is 1.64 bits per heavy atom. The molecule has 7 nitrogen and oxygen atoms in total. The molecule has 0 aliphatic carbocycles. The van der Waals surface area contributed by atoms with Crippen LogP contribution in [0.15, 0.2) is 54.6 Å². The lowest BCUT2D eigenvalue weighted by Gasteiger charge is -2.38. The zero-order valence-electron chi connectivity index (χ0n) is 22.0. The average molecular weight is 590 g/mol. The first kappa shape index (κ1) is 28.8. The third-order valence-electron chi connectivity index (χ3n) is 7.42. The molecule has 13 heteroatoms. The van der Waals surface area contributed by atoms with Crippen molar-refractivity contribution in [3.05, 3.63) is 93.5 Å². The number of imide groups is 2. The van der Waals surface area contributed by atoms with E-state index in [2.05, 4.69) is 0 Å². The van der Waals surface area contributed by atoms with E-state index in [4.69, 9.17) is 0 Å². The molecule has 218 valence electrons. The molecule has 0 spiro atoms. The Labute approximate surface area is 233 Å². The summed E-state index contributed by atoms with van der Waals surface area (Å²) in [6.45, 7) is 5.43. The second kappa shape index (κ2) is 8.91. The Kier molecular flexibility index (Phi) is 6.12. The average Bonchev–Trinajstić information content (AvgIpc) is 3.28. The summed E-state index contributed by atoms with van der Waals surface area (Å²) in [6.07, 6.45) is -12.1. The quantitative estimate of drug-likeness (QED) is 0.297. The molecule has 0 unspecified atom stereocenters. The molecule has 4 amide bonds. The lowest BCUT2D eigenvalue weighted by atomic mass is 9.71. The summed E-state index contributed by atoms with van der Waals surface area (Å²) >= 11 is 0. The van der Waals surface area contributed by atoms with Crippen molar-refractivity contribution in [3.63, 3.8) is 0 Å². The number of benzene rings is 3. The lowest BCUT2D eigenvalue weighted by molar-refractivity contribution is -0.288. The maximum absolute atomic E-state index is 14.8. The zero-order valence-corrected chi connectivity index (χ0v) is 22.0. The first-order valence-electron chi connectivity index (χ1n) is 12.3. The highest BCUT2D eigenvalue weighted by Gasteiger charge is 2.73. The Morgan fingerprint density at radius 1 is 0.619 bits per heavy atom. The van der Waals surface area contributed by atoms with Gasteiger partial charge in [-0.25, -0.2) is 4.90 Å². The highest BCUT2D eigenvalue weighted by molar-refractivity contribution is 6.35. The van der Waals surface area contributed by atoms with Crippen molar-refractivity contribution in [1.82, 2.24) is 5.32 Å². The summed E-state index contributed by atoms with van der Waals surface area (Å²) in [5, 5.41) is 12.3. The number of hydrogen-bond acceptors (Lipinski definition) is 5. The van der Waals surface area contributed by atoms with Crippen LogP contribution in [0, 0.1) is 0 Å². The van der Waals surface area contributed by atoms with Crippen molar-refractivity contribution in [2.24, 2.45) is 0 Å². The predicted octanol–water partition coefficient (Wildman–Crippen LogP) is 5.78. The van der Waals surface area contributed by atoms with Crippen molar-refractivity contribution < 1.29 is 50.6 Å². The van der Waals surface area contributed by atoms with Crippen LogP contribution >= 0.6 is 0 Å². The molecule has 2 aliphatic rings. The Bertz CT molecular complexity index is 1700. The minimum absolute atomic E-state index is 0.289. The van der Waals surface area contributed by atoms with E-state index in [-0.39, 0.29) is 5.69 Å². The summed E-state index contributed by atoms with van der Waals surface area (Å²) in [7, 11) is 0. The van der Waals surface area contributed by atoms with Crippen molar-refractivity contribution in [3.8, 4) is 5.75 Å². The van der Waals surface area contributed by atoms with E-state index in [1.165, 1.54) is 12.1 Å². The molecule has 2 N–H and O–H groups in total. The van der Waals surface area contributed by atoms with Gasteiger partial charge in [0.15, 0.2) is 0 Å². The smallest absolute Gasteiger partial charge is 0.411 e. The standard InChI is InChI=1S/C29H20F6N2O5/c1-26(2,3)13-6-9-21(38)20(12-13)37-24(41)17-8-5-15(11-19(17)25(37)42)27(28(30,31)32,29(33,34)35)14-4-7-16-18(10-14)23(40)36-22(16)39/h4-12,38H,1-3H3,(H,36,39,40). The maximum Gasteiger partial charge on any atom is 0.411 e. The molecule has 2 heterocycles. The molecular weight excluding hydrogens is 570 g/mol. The maximum atomic E-state index is 14.8. The lowest BCUT2D eigenvalue weighted by Crippen LogP contribution is -2.55. The molecule has 3 aromatic rings. The van der Waals surface area contributed by atoms with Gasteiger partial charge in [-0.05, 0) is 58.5 Å². The number of phenols is 1. The van der Waals surface area contributed by atoms with Gasteiger partial charge < -0.3 is 5.11 Å². The highest BCUT2D eigenvalue weighted by atomic mass is 19.4. The topological polar surface area (TPSA) is 104 Å². The van der Waals surface area contributed by atoms with Crippen LogP contribution in [0.5, 0.6) is 5.75 Å². The fourth-order valence-corrected chi connectivity index (χ4v) is 5.25. The number of nitrogens with one attached hydrogen (secondary N) is 1. The molecule has 0 atom stereocenters. The number of nitrogens with zero attached hydrogens (tertiary/aromatic N) is 1. The second-order valence-corrected chi connectivity index (χ2v) is 10.9.